The molecule has 0 saturated heterocycles. The molecule has 1 N–H and O–H groups in total. The number of benzene rings is 1. The molecule has 20 heavy (non-hydrogen) atoms. The van der Waals surface area contributed by atoms with Gasteiger partial charge in [0.1, 0.15) is 0 Å². The number of nitrogens with one attached hydrogen (secondary N) is 1. The Morgan fingerprint density at radius 2 is 2.20 bits per heavy atom. The fourth-order valence-electron chi connectivity index (χ4n) is 1.57. The van der Waals surface area contributed by atoms with Gasteiger partial charge < -0.3 is 15.0 Å². The van der Waals surface area contributed by atoms with Crippen LogP contribution in [0.15, 0.2) is 18.2 Å². The third-order valence-corrected chi connectivity index (χ3v) is 2.85. The first kappa shape index (κ1) is 15.9. The summed E-state index contributed by atoms with van der Waals surface area (Å²) in [4.78, 5) is 23.6. The molecule has 0 spiro atoms. The third kappa shape index (κ3) is 4.20. The first-order valence-electron chi connectivity index (χ1n) is 6.28. The number of ether oxygens (including phenoxy) is 1. The molecule has 7 nitrogen and oxygen atoms in total. The van der Waals surface area contributed by atoms with Crippen molar-refractivity contribution in [3.63, 3.8) is 0 Å². The number of nitrogens with zero attached hydrogens (tertiary/aromatic N) is 2. The van der Waals surface area contributed by atoms with Gasteiger partial charge in [0, 0.05) is 26.2 Å². The van der Waals surface area contributed by atoms with Crippen LogP contribution in [0.3, 0.4) is 0 Å². The monoisotopic (exact) mass is 281 g/mol. The van der Waals surface area contributed by atoms with Gasteiger partial charge in [0.25, 0.3) is 5.91 Å². The number of nitro benzene ring substituents is 1. The highest BCUT2D eigenvalue weighted by molar-refractivity contribution is 5.77. The fraction of sp³-hybridized carbons (Fsp3) is 0.462. The molecule has 1 amide bonds. The predicted molar refractivity (Wildman–Crippen MR) is 74.7 cm³/mol. The maximum atomic E-state index is 11.6. The molecule has 0 heterocycles. The molecule has 1 aromatic carbocycles. The van der Waals surface area contributed by atoms with Crippen molar-refractivity contribution in [2.45, 2.75) is 13.5 Å². The van der Waals surface area contributed by atoms with Gasteiger partial charge in [-0.3, -0.25) is 14.9 Å². The van der Waals surface area contributed by atoms with Crippen molar-refractivity contribution < 1.29 is 14.5 Å². The van der Waals surface area contributed by atoms with E-state index in [4.69, 9.17) is 4.74 Å². The second-order valence-electron chi connectivity index (χ2n) is 4.29. The first-order chi connectivity index (χ1) is 9.49. The summed E-state index contributed by atoms with van der Waals surface area (Å²) in [7, 11) is 3.41. The van der Waals surface area contributed by atoms with Gasteiger partial charge in [-0.25, -0.2) is 0 Å². The van der Waals surface area contributed by atoms with Crippen LogP contribution < -0.4 is 10.1 Å². The molecule has 0 unspecified atom stereocenters. The van der Waals surface area contributed by atoms with E-state index >= 15 is 0 Å². The summed E-state index contributed by atoms with van der Waals surface area (Å²) in [5.41, 5.74) is 0.647. The predicted octanol–water partition coefficient (Wildman–Crippen LogP) is 1.17. The molecule has 0 bridgehead atoms. The molecule has 1 rings (SSSR count). The number of rotatable bonds is 7. The van der Waals surface area contributed by atoms with Crippen LogP contribution in [0, 0.1) is 10.1 Å². The number of nitro groups is 1. The van der Waals surface area contributed by atoms with E-state index in [1.54, 1.807) is 20.2 Å². The van der Waals surface area contributed by atoms with Crippen molar-refractivity contribution in [2.75, 3.05) is 27.2 Å². The van der Waals surface area contributed by atoms with E-state index in [1.807, 2.05) is 6.92 Å². The van der Waals surface area contributed by atoms with Crippen molar-refractivity contribution in [3.05, 3.63) is 33.9 Å². The molecule has 0 saturated carbocycles. The molecular formula is C13H19N3O4. The standard InChI is InChI=1S/C13H19N3O4/c1-4-15(3)13(17)9-20-12-6-5-10(8-14-2)7-11(12)16(18)19/h5-7,14H,4,8-9H2,1-3H3. The minimum Gasteiger partial charge on any atom is -0.477 e. The SMILES string of the molecule is CCN(C)C(=O)COc1ccc(CNC)cc1[N+](=O)[O-]. The largest absolute Gasteiger partial charge is 0.477 e. The summed E-state index contributed by atoms with van der Waals surface area (Å²) in [5.74, 6) is -0.117. The molecule has 110 valence electrons. The van der Waals surface area contributed by atoms with Gasteiger partial charge in [0.05, 0.1) is 4.92 Å². The Bertz CT molecular complexity index is 491. The Balaban J connectivity index is 2.84. The van der Waals surface area contributed by atoms with Gasteiger partial charge in [-0.15, -0.1) is 0 Å². The van der Waals surface area contributed by atoms with Crippen LogP contribution in [0.5, 0.6) is 5.75 Å². The van der Waals surface area contributed by atoms with Crippen molar-refractivity contribution >= 4 is 11.6 Å². The fourth-order valence-corrected chi connectivity index (χ4v) is 1.57. The third-order valence-electron chi connectivity index (χ3n) is 2.85. The van der Waals surface area contributed by atoms with Gasteiger partial charge >= 0.3 is 5.69 Å². The summed E-state index contributed by atoms with van der Waals surface area (Å²) in [6.07, 6.45) is 0. The van der Waals surface area contributed by atoms with Crippen LogP contribution in [-0.2, 0) is 11.3 Å². The maximum Gasteiger partial charge on any atom is 0.311 e. The normalized spacial score (nSPS) is 10.2. The minimum absolute atomic E-state index is 0.104. The van der Waals surface area contributed by atoms with Gasteiger partial charge in [-0.1, -0.05) is 6.07 Å². The van der Waals surface area contributed by atoms with Crippen molar-refractivity contribution in [3.8, 4) is 5.75 Å². The number of hydrogen-bond donors (Lipinski definition) is 1. The molecule has 0 radical (unpaired) electrons. The molecule has 0 aliphatic heterocycles. The minimum atomic E-state index is -0.511. The number of carbonyl (C=O) groups is 1. The quantitative estimate of drug-likeness (QED) is 0.599. The molecule has 0 aliphatic carbocycles. The average Bonchev–Trinajstić information content (AvgIpc) is 2.44. The Labute approximate surface area is 117 Å². The van der Waals surface area contributed by atoms with Crippen LogP contribution in [0.1, 0.15) is 12.5 Å². The molecule has 1 aromatic rings. The van der Waals surface area contributed by atoms with Crippen molar-refractivity contribution in [2.24, 2.45) is 0 Å². The van der Waals surface area contributed by atoms with Crippen LogP contribution >= 0.6 is 0 Å². The average molecular weight is 281 g/mol. The van der Waals surface area contributed by atoms with Crippen LogP contribution in [0.4, 0.5) is 5.69 Å². The molecule has 0 atom stereocenters. The summed E-state index contributed by atoms with van der Waals surface area (Å²) in [6, 6.07) is 4.69. The van der Waals surface area contributed by atoms with Gasteiger partial charge in [0.15, 0.2) is 12.4 Å². The van der Waals surface area contributed by atoms with E-state index in [1.165, 1.54) is 17.0 Å². The highest BCUT2D eigenvalue weighted by atomic mass is 16.6. The van der Waals surface area contributed by atoms with Crippen LogP contribution in [0.25, 0.3) is 0 Å². The van der Waals surface area contributed by atoms with E-state index in [0.29, 0.717) is 13.1 Å². The number of hydrogen-bond acceptors (Lipinski definition) is 5. The maximum absolute atomic E-state index is 11.6. The molecule has 0 aliphatic rings. The zero-order chi connectivity index (χ0) is 15.1. The van der Waals surface area contributed by atoms with Crippen molar-refractivity contribution in [1.82, 2.24) is 10.2 Å². The summed E-state index contributed by atoms with van der Waals surface area (Å²) in [6.45, 7) is 2.72. The van der Waals surface area contributed by atoms with E-state index in [2.05, 4.69) is 5.32 Å². The molecular weight excluding hydrogens is 262 g/mol. The topological polar surface area (TPSA) is 84.7 Å². The zero-order valence-corrected chi connectivity index (χ0v) is 11.9. The Kier molecular flexibility index (Phi) is 5.92. The lowest BCUT2D eigenvalue weighted by molar-refractivity contribution is -0.385. The van der Waals surface area contributed by atoms with E-state index in [0.717, 1.165) is 5.56 Å². The second-order valence-corrected chi connectivity index (χ2v) is 4.29. The summed E-state index contributed by atoms with van der Waals surface area (Å²) in [5, 5.41) is 13.9. The number of likely N-dealkylation sites (N-methyl/N-ethyl adjacent to an activating group) is 1. The summed E-state index contributed by atoms with van der Waals surface area (Å²) < 4.78 is 5.26. The van der Waals surface area contributed by atoms with Gasteiger partial charge in [-0.2, -0.15) is 0 Å². The van der Waals surface area contributed by atoms with Gasteiger partial charge in [-0.05, 0) is 25.6 Å². The Morgan fingerprint density at radius 3 is 2.75 bits per heavy atom. The smallest absolute Gasteiger partial charge is 0.311 e. The lowest BCUT2D eigenvalue weighted by Gasteiger charge is -2.15. The highest BCUT2D eigenvalue weighted by Crippen LogP contribution is 2.28. The number of amides is 1. The van der Waals surface area contributed by atoms with E-state index < -0.39 is 4.92 Å². The summed E-state index contributed by atoms with van der Waals surface area (Å²) >= 11 is 0. The first-order valence-corrected chi connectivity index (χ1v) is 6.28. The Morgan fingerprint density at radius 1 is 1.50 bits per heavy atom. The van der Waals surface area contributed by atoms with E-state index in [9.17, 15) is 14.9 Å². The van der Waals surface area contributed by atoms with Crippen LogP contribution in [0.2, 0.25) is 0 Å². The highest BCUT2D eigenvalue weighted by Gasteiger charge is 2.17. The molecule has 0 fully saturated rings. The molecule has 0 aromatic heterocycles. The molecule has 7 heteroatoms. The van der Waals surface area contributed by atoms with Crippen LogP contribution in [-0.4, -0.2) is 43.0 Å². The van der Waals surface area contributed by atoms with Crippen molar-refractivity contribution in [1.29, 1.82) is 0 Å². The second kappa shape index (κ2) is 7.44. The van der Waals surface area contributed by atoms with Gasteiger partial charge in [0.2, 0.25) is 0 Å². The lowest BCUT2D eigenvalue weighted by atomic mass is 10.2. The lowest BCUT2D eigenvalue weighted by Crippen LogP contribution is -2.31. The Hall–Kier alpha value is -2.15. The van der Waals surface area contributed by atoms with E-state index in [-0.39, 0.29) is 24.0 Å². The zero-order valence-electron chi connectivity index (χ0n) is 11.9. The number of carbonyl (C=O) groups excluding carboxylic acids is 1.